The van der Waals surface area contributed by atoms with Gasteiger partial charge in [-0.15, -0.1) is 15.0 Å². The highest BCUT2D eigenvalue weighted by molar-refractivity contribution is 5.90. The SMILES string of the molecule is C[C@@H]1C(n2nccn2)OC(=O)N1c1ccc(-c2ccc(-c3nnn(C)n3)nc2)c(F)c1. The molecule has 0 radical (unpaired) electrons. The Hall–Kier alpha value is -4.22. The molecule has 11 nitrogen and oxygen atoms in total. The van der Waals surface area contributed by atoms with Crippen LogP contribution < -0.4 is 4.90 Å². The number of cyclic esters (lactones) is 1. The number of ether oxygens (including phenoxy) is 1. The van der Waals surface area contributed by atoms with Crippen molar-refractivity contribution in [3.63, 3.8) is 0 Å². The van der Waals surface area contributed by atoms with Gasteiger partial charge < -0.3 is 4.74 Å². The number of benzene rings is 1. The molecule has 5 rings (SSSR count). The van der Waals surface area contributed by atoms with E-state index in [1.807, 2.05) is 0 Å². The highest BCUT2D eigenvalue weighted by Gasteiger charge is 2.42. The maximum Gasteiger partial charge on any atom is 0.416 e. The highest BCUT2D eigenvalue weighted by Crippen LogP contribution is 2.34. The first-order valence-electron chi connectivity index (χ1n) is 9.37. The maximum absolute atomic E-state index is 15.0. The maximum atomic E-state index is 15.0. The average molecular weight is 421 g/mol. The highest BCUT2D eigenvalue weighted by atomic mass is 19.1. The molecule has 4 aromatic rings. The molecule has 0 bridgehead atoms. The zero-order valence-electron chi connectivity index (χ0n) is 16.5. The van der Waals surface area contributed by atoms with Crippen molar-refractivity contribution in [1.29, 1.82) is 0 Å². The summed E-state index contributed by atoms with van der Waals surface area (Å²) in [5.74, 6) is -0.113. The first-order chi connectivity index (χ1) is 15.0. The van der Waals surface area contributed by atoms with Crippen molar-refractivity contribution in [3.05, 3.63) is 54.7 Å². The summed E-state index contributed by atoms with van der Waals surface area (Å²) in [7, 11) is 1.66. The lowest BCUT2D eigenvalue weighted by Gasteiger charge is -2.20. The number of tetrazole rings is 1. The lowest BCUT2D eigenvalue weighted by atomic mass is 10.1. The van der Waals surface area contributed by atoms with Crippen LogP contribution in [0.4, 0.5) is 14.9 Å². The van der Waals surface area contributed by atoms with Crippen LogP contribution in [-0.2, 0) is 11.8 Å². The Morgan fingerprint density at radius 2 is 1.94 bits per heavy atom. The van der Waals surface area contributed by atoms with Crippen LogP contribution in [0.25, 0.3) is 22.6 Å². The van der Waals surface area contributed by atoms with Crippen LogP contribution in [0.1, 0.15) is 13.2 Å². The van der Waals surface area contributed by atoms with E-state index in [0.717, 1.165) is 0 Å². The topological polar surface area (TPSA) is 117 Å². The minimum absolute atomic E-state index is 0.348. The van der Waals surface area contributed by atoms with Gasteiger partial charge in [0.25, 0.3) is 0 Å². The molecule has 0 aliphatic carbocycles. The van der Waals surface area contributed by atoms with Crippen LogP contribution in [0.2, 0.25) is 0 Å². The number of hydrogen-bond donors (Lipinski definition) is 0. The molecular weight excluding hydrogens is 405 g/mol. The normalized spacial score (nSPS) is 18.4. The van der Waals surface area contributed by atoms with Crippen LogP contribution >= 0.6 is 0 Å². The minimum atomic E-state index is -0.698. The molecule has 4 heterocycles. The van der Waals surface area contributed by atoms with Gasteiger partial charge in [-0.1, -0.05) is 6.07 Å². The molecule has 31 heavy (non-hydrogen) atoms. The molecule has 1 amide bonds. The van der Waals surface area contributed by atoms with E-state index in [4.69, 9.17) is 4.74 Å². The van der Waals surface area contributed by atoms with Crippen LogP contribution in [0.3, 0.4) is 0 Å². The van der Waals surface area contributed by atoms with Crippen LogP contribution in [0.5, 0.6) is 0 Å². The fourth-order valence-corrected chi connectivity index (χ4v) is 3.45. The number of nitrogens with zero attached hydrogens (tertiary/aromatic N) is 9. The number of anilines is 1. The molecule has 1 aromatic carbocycles. The standard InChI is InChI=1S/C19H16FN9O2/c1-11-18(29-22-7-8-23-29)31-19(30)28(11)13-4-5-14(15(20)9-13)12-3-6-16(21-10-12)17-24-26-27(2)25-17/h3-11,18H,1-2H3/t11-,18?/m1/s1. The summed E-state index contributed by atoms with van der Waals surface area (Å²) in [6, 6.07) is 7.55. The van der Waals surface area contributed by atoms with E-state index in [-0.39, 0.29) is 0 Å². The van der Waals surface area contributed by atoms with E-state index < -0.39 is 24.2 Å². The second-order valence-electron chi connectivity index (χ2n) is 6.93. The van der Waals surface area contributed by atoms with E-state index in [1.54, 1.807) is 38.2 Å². The van der Waals surface area contributed by atoms with Crippen molar-refractivity contribution >= 4 is 11.8 Å². The number of aromatic nitrogens is 8. The van der Waals surface area contributed by atoms with E-state index in [0.29, 0.717) is 28.3 Å². The Morgan fingerprint density at radius 1 is 1.13 bits per heavy atom. The fourth-order valence-electron chi connectivity index (χ4n) is 3.45. The second kappa shape index (κ2) is 7.23. The van der Waals surface area contributed by atoms with Crippen molar-refractivity contribution < 1.29 is 13.9 Å². The first kappa shape index (κ1) is 18.8. The van der Waals surface area contributed by atoms with Gasteiger partial charge >= 0.3 is 6.09 Å². The molecule has 0 spiro atoms. The molecule has 156 valence electrons. The lowest BCUT2D eigenvalue weighted by molar-refractivity contribution is 0.0684. The molecule has 1 fully saturated rings. The predicted octanol–water partition coefficient (Wildman–Crippen LogP) is 2.21. The molecule has 2 atom stereocenters. The first-order valence-corrected chi connectivity index (χ1v) is 9.37. The lowest BCUT2D eigenvalue weighted by Crippen LogP contribution is -2.33. The molecule has 1 saturated heterocycles. The van der Waals surface area contributed by atoms with Crippen molar-refractivity contribution in [2.45, 2.75) is 19.2 Å². The molecule has 0 N–H and O–H groups in total. The van der Waals surface area contributed by atoms with Crippen molar-refractivity contribution in [2.24, 2.45) is 7.05 Å². The molecule has 1 aliphatic heterocycles. The Labute approximate surface area is 175 Å². The number of carbonyl (C=O) groups excluding carboxylic acids is 1. The van der Waals surface area contributed by atoms with Crippen LogP contribution in [0.15, 0.2) is 48.9 Å². The predicted molar refractivity (Wildman–Crippen MR) is 105 cm³/mol. The number of pyridine rings is 1. The number of aryl methyl sites for hydroxylation is 1. The van der Waals surface area contributed by atoms with Gasteiger partial charge in [-0.2, -0.15) is 15.0 Å². The van der Waals surface area contributed by atoms with Gasteiger partial charge in [-0.25, -0.2) is 9.18 Å². The quantitative estimate of drug-likeness (QED) is 0.492. The molecule has 1 unspecified atom stereocenters. The summed E-state index contributed by atoms with van der Waals surface area (Å²) >= 11 is 0. The summed E-state index contributed by atoms with van der Waals surface area (Å²) in [4.78, 5) is 20.7. The summed E-state index contributed by atoms with van der Waals surface area (Å²) in [6.45, 7) is 1.79. The second-order valence-corrected chi connectivity index (χ2v) is 6.93. The third-order valence-corrected chi connectivity index (χ3v) is 4.95. The Balaban J connectivity index is 1.41. The van der Waals surface area contributed by atoms with Gasteiger partial charge in [0.05, 0.1) is 31.2 Å². The Bertz CT molecular complexity index is 1240. The largest absolute Gasteiger partial charge is 0.419 e. The number of hydrogen-bond acceptors (Lipinski definition) is 8. The van der Waals surface area contributed by atoms with E-state index in [1.165, 1.54) is 39.1 Å². The monoisotopic (exact) mass is 421 g/mol. The van der Waals surface area contributed by atoms with E-state index in [9.17, 15) is 9.18 Å². The van der Waals surface area contributed by atoms with Gasteiger partial charge in [0.15, 0.2) is 0 Å². The smallest absolute Gasteiger partial charge is 0.416 e. The molecule has 3 aromatic heterocycles. The van der Waals surface area contributed by atoms with Gasteiger partial charge in [0.1, 0.15) is 11.5 Å². The van der Waals surface area contributed by atoms with Crippen molar-refractivity contribution in [2.75, 3.05) is 4.90 Å². The summed E-state index contributed by atoms with van der Waals surface area (Å²) in [6.07, 6.45) is 3.24. The minimum Gasteiger partial charge on any atom is -0.419 e. The number of halogens is 1. The van der Waals surface area contributed by atoms with Gasteiger partial charge in [-0.3, -0.25) is 9.88 Å². The van der Waals surface area contributed by atoms with Gasteiger partial charge in [0.2, 0.25) is 12.1 Å². The Kier molecular flexibility index (Phi) is 4.38. The van der Waals surface area contributed by atoms with Crippen molar-refractivity contribution in [3.8, 4) is 22.6 Å². The molecule has 12 heteroatoms. The molecule has 1 aliphatic rings. The van der Waals surface area contributed by atoms with Gasteiger partial charge in [0, 0.05) is 17.3 Å². The zero-order valence-corrected chi connectivity index (χ0v) is 16.5. The van der Waals surface area contributed by atoms with E-state index in [2.05, 4.69) is 30.6 Å². The fraction of sp³-hybridized carbons (Fsp3) is 0.211. The third kappa shape index (κ3) is 3.27. The molecule has 0 saturated carbocycles. The number of amides is 1. The summed E-state index contributed by atoms with van der Waals surface area (Å²) < 4.78 is 20.3. The summed E-state index contributed by atoms with van der Waals surface area (Å²) in [5, 5.41) is 19.8. The number of carbonyl (C=O) groups is 1. The van der Waals surface area contributed by atoms with Crippen LogP contribution in [-0.4, -0.2) is 52.3 Å². The summed E-state index contributed by atoms with van der Waals surface area (Å²) in [5.41, 5.74) is 1.83. The number of rotatable bonds is 4. The van der Waals surface area contributed by atoms with E-state index >= 15 is 0 Å². The van der Waals surface area contributed by atoms with Gasteiger partial charge in [-0.05, 0) is 36.4 Å². The average Bonchev–Trinajstić information content (AvgIpc) is 3.49. The Morgan fingerprint density at radius 3 is 2.58 bits per heavy atom. The van der Waals surface area contributed by atoms with Crippen LogP contribution in [0, 0.1) is 5.82 Å². The molecular formula is C19H16FN9O2. The third-order valence-electron chi connectivity index (χ3n) is 4.95. The zero-order chi connectivity index (χ0) is 21.5. The van der Waals surface area contributed by atoms with Crippen molar-refractivity contribution in [1.82, 2.24) is 40.2 Å².